The van der Waals surface area contributed by atoms with Gasteiger partial charge < -0.3 is 30.6 Å². The van der Waals surface area contributed by atoms with E-state index in [0.717, 1.165) is 0 Å². The Morgan fingerprint density at radius 1 is 0.577 bits per heavy atom. The number of benzene rings is 4. The monoisotopic (exact) mass is 760 g/mol. The fraction of sp³-hybridized carbons (Fsp3) is 0.389. The van der Waals surface area contributed by atoms with Gasteiger partial charge in [-0.1, -0.05) is 39.8 Å². The zero-order valence-corrected chi connectivity index (χ0v) is 31.3. The molecule has 0 aliphatic heterocycles. The molecule has 0 aliphatic carbocycles. The van der Waals surface area contributed by atoms with E-state index < -0.39 is 66.2 Å². The summed E-state index contributed by atoms with van der Waals surface area (Å²) in [5.41, 5.74) is 1.69. The molecule has 0 fully saturated rings. The van der Waals surface area contributed by atoms with Crippen LogP contribution in [-0.4, -0.2) is 93.6 Å². The summed E-state index contributed by atoms with van der Waals surface area (Å²) in [7, 11) is -8.46. The maximum absolute atomic E-state index is 12.1. The molecule has 0 spiro atoms. The predicted octanol–water partition coefficient (Wildman–Crippen LogP) is 6.15. The minimum atomic E-state index is -4.23. The molecular weight excluding hydrogens is 717 g/mol. The Balaban J connectivity index is 2.09. The Bertz CT molecular complexity index is 2180. The van der Waals surface area contributed by atoms with Gasteiger partial charge in [0.25, 0.3) is 20.2 Å². The van der Waals surface area contributed by atoms with Crippen molar-refractivity contribution in [1.82, 2.24) is 0 Å². The van der Waals surface area contributed by atoms with E-state index in [2.05, 4.69) is 9.98 Å². The first kappa shape index (κ1) is 40.1. The van der Waals surface area contributed by atoms with E-state index in [-0.39, 0.29) is 70.8 Å². The van der Waals surface area contributed by atoms with Crippen molar-refractivity contribution in [2.45, 2.75) is 66.2 Å². The standard InChI is InChI=1S/C36H44N2O12S2/c1-17(2)25-21-13-19(5)27(33(41)29(21)23(31(39)35(25)43)15-37-9-7-11-51(45,46)47)28-20(6)14-22-26(18(3)4)36(44)32(40)24(30(22)34(28)42)16-38-10-8-12-52(48,49)50/h13-18,39-44H,7-12H2,1-6H3,(H,45,46,47)(H,48,49,50). The molecule has 282 valence electrons. The third kappa shape index (κ3) is 8.04. The largest absolute Gasteiger partial charge is 0.507 e. The fourth-order valence-corrected chi connectivity index (χ4v) is 7.60. The van der Waals surface area contributed by atoms with E-state index in [4.69, 9.17) is 9.11 Å². The number of fused-ring (bicyclic) bond motifs is 2. The second-order valence-corrected chi connectivity index (χ2v) is 16.5. The fourth-order valence-electron chi connectivity index (χ4n) is 6.61. The van der Waals surface area contributed by atoms with Gasteiger partial charge in [-0.25, -0.2) is 0 Å². The maximum Gasteiger partial charge on any atom is 0.264 e. The lowest BCUT2D eigenvalue weighted by Crippen LogP contribution is -2.05. The van der Waals surface area contributed by atoms with E-state index in [0.29, 0.717) is 33.0 Å². The van der Waals surface area contributed by atoms with Crippen LogP contribution >= 0.6 is 0 Å². The number of aromatic hydroxyl groups is 6. The van der Waals surface area contributed by atoms with Gasteiger partial charge in [-0.3, -0.25) is 19.1 Å². The minimum Gasteiger partial charge on any atom is -0.507 e. The summed E-state index contributed by atoms with van der Waals surface area (Å²) >= 11 is 0. The van der Waals surface area contributed by atoms with Gasteiger partial charge in [-0.15, -0.1) is 0 Å². The first-order chi connectivity index (χ1) is 24.1. The molecule has 0 amide bonds. The van der Waals surface area contributed by atoms with Crippen molar-refractivity contribution < 1.29 is 56.6 Å². The van der Waals surface area contributed by atoms with Gasteiger partial charge in [-0.05, 0) is 60.4 Å². The third-order valence-corrected chi connectivity index (χ3v) is 10.4. The maximum atomic E-state index is 12.1. The first-order valence-corrected chi connectivity index (χ1v) is 19.7. The molecule has 0 saturated carbocycles. The Morgan fingerprint density at radius 2 is 0.904 bits per heavy atom. The topological polar surface area (TPSA) is 255 Å². The molecule has 0 aliphatic rings. The van der Waals surface area contributed by atoms with Crippen molar-refractivity contribution in [3.8, 4) is 45.6 Å². The minimum absolute atomic E-state index is 0.0441. The number of aliphatic imine (C=N–C) groups is 2. The summed E-state index contributed by atoms with van der Waals surface area (Å²) in [6.45, 7) is 10.4. The zero-order chi connectivity index (χ0) is 39.0. The van der Waals surface area contributed by atoms with Crippen LogP contribution < -0.4 is 0 Å². The molecule has 4 rings (SSSR count). The summed E-state index contributed by atoms with van der Waals surface area (Å²) in [6, 6.07) is 3.37. The molecular formula is C36H44N2O12S2. The van der Waals surface area contributed by atoms with Crippen LogP contribution in [-0.2, 0) is 20.2 Å². The van der Waals surface area contributed by atoms with Crippen molar-refractivity contribution >= 4 is 54.2 Å². The highest BCUT2D eigenvalue weighted by molar-refractivity contribution is 7.86. The Hall–Kier alpha value is -4.64. The predicted molar refractivity (Wildman–Crippen MR) is 202 cm³/mol. The number of phenolic OH excluding ortho intramolecular Hbond substituents is 6. The molecule has 0 radical (unpaired) electrons. The normalized spacial score (nSPS) is 12.9. The molecule has 52 heavy (non-hydrogen) atoms. The van der Waals surface area contributed by atoms with Crippen molar-refractivity contribution in [1.29, 1.82) is 0 Å². The van der Waals surface area contributed by atoms with E-state index in [1.54, 1.807) is 53.7 Å². The van der Waals surface area contributed by atoms with Gasteiger partial charge in [0.1, 0.15) is 11.5 Å². The highest BCUT2D eigenvalue weighted by Crippen LogP contribution is 2.54. The van der Waals surface area contributed by atoms with Gasteiger partial charge in [0.2, 0.25) is 0 Å². The van der Waals surface area contributed by atoms with E-state index in [1.165, 1.54) is 12.4 Å². The van der Waals surface area contributed by atoms with Crippen LogP contribution in [0.25, 0.3) is 32.7 Å². The molecule has 0 heterocycles. The molecule has 4 aromatic rings. The number of nitrogens with zero attached hydrogens (tertiary/aromatic N) is 2. The molecule has 0 bridgehead atoms. The second kappa shape index (κ2) is 15.1. The van der Waals surface area contributed by atoms with Crippen LogP contribution in [0.5, 0.6) is 34.5 Å². The van der Waals surface area contributed by atoms with Crippen LogP contribution in [0.15, 0.2) is 22.1 Å². The van der Waals surface area contributed by atoms with Crippen molar-refractivity contribution in [2.24, 2.45) is 9.98 Å². The molecule has 4 aromatic carbocycles. The van der Waals surface area contributed by atoms with Crippen LogP contribution in [0.2, 0.25) is 0 Å². The zero-order valence-electron chi connectivity index (χ0n) is 29.6. The Labute approximate surface area is 302 Å². The Morgan fingerprint density at radius 3 is 1.19 bits per heavy atom. The molecule has 0 atom stereocenters. The number of aryl methyl sites for hydroxylation is 2. The number of hydrogen-bond acceptors (Lipinski definition) is 12. The van der Waals surface area contributed by atoms with Crippen LogP contribution in [0.4, 0.5) is 0 Å². The summed E-state index contributed by atoms with van der Waals surface area (Å²) < 4.78 is 62.8. The number of rotatable bonds is 13. The quantitative estimate of drug-likeness (QED) is 0.0330. The lowest BCUT2D eigenvalue weighted by molar-refractivity contribution is 0.398. The third-order valence-electron chi connectivity index (χ3n) is 8.81. The molecule has 8 N–H and O–H groups in total. The van der Waals surface area contributed by atoms with Gasteiger partial charge in [0, 0.05) is 69.7 Å². The molecule has 16 heteroatoms. The average molecular weight is 761 g/mol. The summed E-state index contributed by atoms with van der Waals surface area (Å²) in [5.74, 6) is -4.60. The molecule has 0 unspecified atom stereocenters. The van der Waals surface area contributed by atoms with E-state index in [9.17, 15) is 47.5 Å². The van der Waals surface area contributed by atoms with Gasteiger partial charge in [0.15, 0.2) is 23.0 Å². The van der Waals surface area contributed by atoms with Crippen molar-refractivity contribution in [2.75, 3.05) is 24.6 Å². The van der Waals surface area contributed by atoms with Crippen LogP contribution in [0, 0.1) is 13.8 Å². The van der Waals surface area contributed by atoms with E-state index >= 15 is 0 Å². The SMILES string of the molecule is Cc1cc2c(C(C)C)c(O)c(O)c(C=NCCCS(=O)(=O)O)c2c(O)c1-c1c(C)cc2c(C(C)C)c(O)c(O)c(C=NCCCS(=O)(=O)O)c2c1O. The van der Waals surface area contributed by atoms with E-state index in [1.807, 2.05) is 0 Å². The van der Waals surface area contributed by atoms with Crippen LogP contribution in [0.1, 0.15) is 85.8 Å². The van der Waals surface area contributed by atoms with Gasteiger partial charge in [-0.2, -0.15) is 16.8 Å². The lowest BCUT2D eigenvalue weighted by atomic mass is 9.83. The van der Waals surface area contributed by atoms with Gasteiger partial charge >= 0.3 is 0 Å². The highest BCUT2D eigenvalue weighted by atomic mass is 32.2. The highest BCUT2D eigenvalue weighted by Gasteiger charge is 2.29. The second-order valence-electron chi connectivity index (χ2n) is 13.4. The smallest absolute Gasteiger partial charge is 0.264 e. The first-order valence-electron chi connectivity index (χ1n) is 16.5. The lowest BCUT2D eigenvalue weighted by Gasteiger charge is -2.23. The molecule has 0 saturated heterocycles. The summed E-state index contributed by atoms with van der Waals surface area (Å²) in [5, 5.41) is 69.7. The number of hydrogen-bond donors (Lipinski definition) is 8. The number of phenols is 6. The van der Waals surface area contributed by atoms with Gasteiger partial charge in [0.05, 0.1) is 11.5 Å². The Kier molecular flexibility index (Phi) is 11.7. The van der Waals surface area contributed by atoms with Crippen molar-refractivity contribution in [3.05, 3.63) is 45.5 Å². The van der Waals surface area contributed by atoms with Crippen molar-refractivity contribution in [3.63, 3.8) is 0 Å². The molecule has 0 aromatic heterocycles. The average Bonchev–Trinajstić information content (AvgIpc) is 3.00. The molecule has 14 nitrogen and oxygen atoms in total. The summed E-state index contributed by atoms with van der Waals surface area (Å²) in [6.07, 6.45) is 2.28. The summed E-state index contributed by atoms with van der Waals surface area (Å²) in [4.78, 5) is 8.36. The van der Waals surface area contributed by atoms with Crippen LogP contribution in [0.3, 0.4) is 0 Å².